The van der Waals surface area contributed by atoms with Gasteiger partial charge in [0, 0.05) is 4.90 Å². The average Bonchev–Trinajstić information content (AvgIpc) is 2.50. The van der Waals surface area contributed by atoms with Crippen molar-refractivity contribution < 1.29 is 0 Å². The molecule has 1 atom stereocenters. The van der Waals surface area contributed by atoms with Gasteiger partial charge in [0.1, 0.15) is 0 Å². The summed E-state index contributed by atoms with van der Waals surface area (Å²) in [5.74, 6) is 0. The molecule has 0 aliphatic rings. The Kier molecular flexibility index (Phi) is 5.69. The molecule has 1 unspecified atom stereocenters. The molecule has 0 bridgehead atoms. The van der Waals surface area contributed by atoms with Crippen LogP contribution >= 0.6 is 11.8 Å². The van der Waals surface area contributed by atoms with E-state index in [-0.39, 0.29) is 0 Å². The Bertz CT molecular complexity index is 503. The number of aryl methyl sites for hydroxylation is 1. The molecule has 106 valence electrons. The molecule has 0 spiro atoms. The molecule has 0 saturated heterocycles. The van der Waals surface area contributed by atoms with Gasteiger partial charge in [-0.1, -0.05) is 61.9 Å². The summed E-state index contributed by atoms with van der Waals surface area (Å²) in [5, 5.41) is 0.383. The number of nitrogens with zero attached hydrogens (tertiary/aromatic N) is 1. The van der Waals surface area contributed by atoms with Gasteiger partial charge in [0.05, 0.1) is 5.37 Å². The standard InChI is InChI=1S/C18H23NS/c1-4-19(5-2)18(16-9-7-6-8-10-16)20-17-13-11-15(3)12-14-17/h6-14,18H,4-5H2,1-3H3. The van der Waals surface area contributed by atoms with Gasteiger partial charge in [-0.15, -0.1) is 11.8 Å². The lowest BCUT2D eigenvalue weighted by Crippen LogP contribution is -2.26. The smallest absolute Gasteiger partial charge is 0.0860 e. The van der Waals surface area contributed by atoms with E-state index in [1.54, 1.807) is 0 Å². The summed E-state index contributed by atoms with van der Waals surface area (Å²) in [6.07, 6.45) is 0. The average molecular weight is 285 g/mol. The first-order chi connectivity index (χ1) is 9.74. The largest absolute Gasteiger partial charge is 0.288 e. The Hall–Kier alpha value is -1.25. The second-order valence-electron chi connectivity index (χ2n) is 4.92. The fourth-order valence-corrected chi connectivity index (χ4v) is 3.56. The van der Waals surface area contributed by atoms with Crippen molar-refractivity contribution in [3.8, 4) is 0 Å². The predicted octanol–water partition coefficient (Wildman–Crippen LogP) is 5.13. The van der Waals surface area contributed by atoms with Crippen LogP contribution < -0.4 is 0 Å². The Balaban J connectivity index is 2.25. The van der Waals surface area contributed by atoms with Crippen molar-refractivity contribution in [1.29, 1.82) is 0 Å². The summed E-state index contributed by atoms with van der Waals surface area (Å²) in [4.78, 5) is 3.83. The van der Waals surface area contributed by atoms with Crippen LogP contribution in [-0.2, 0) is 0 Å². The highest BCUT2D eigenvalue weighted by atomic mass is 32.2. The van der Waals surface area contributed by atoms with Gasteiger partial charge in [0.15, 0.2) is 0 Å². The van der Waals surface area contributed by atoms with Gasteiger partial charge < -0.3 is 0 Å². The van der Waals surface area contributed by atoms with Crippen molar-refractivity contribution in [1.82, 2.24) is 4.90 Å². The first-order valence-corrected chi connectivity index (χ1v) is 8.15. The van der Waals surface area contributed by atoms with Crippen molar-refractivity contribution in [3.05, 3.63) is 65.7 Å². The Morgan fingerprint density at radius 3 is 2.05 bits per heavy atom. The first kappa shape index (κ1) is 15.1. The van der Waals surface area contributed by atoms with Crippen LogP contribution in [0.25, 0.3) is 0 Å². The van der Waals surface area contributed by atoms with Gasteiger partial charge in [0.2, 0.25) is 0 Å². The molecule has 0 N–H and O–H groups in total. The van der Waals surface area contributed by atoms with Crippen LogP contribution in [-0.4, -0.2) is 18.0 Å². The van der Waals surface area contributed by atoms with Gasteiger partial charge >= 0.3 is 0 Å². The third-order valence-electron chi connectivity index (χ3n) is 3.50. The normalized spacial score (nSPS) is 12.6. The molecule has 0 radical (unpaired) electrons. The second kappa shape index (κ2) is 7.51. The maximum atomic E-state index is 2.50. The second-order valence-corrected chi connectivity index (χ2v) is 6.07. The molecule has 20 heavy (non-hydrogen) atoms. The monoisotopic (exact) mass is 285 g/mol. The van der Waals surface area contributed by atoms with Gasteiger partial charge in [-0.05, 0) is 37.7 Å². The van der Waals surface area contributed by atoms with Gasteiger partial charge in [-0.25, -0.2) is 0 Å². The third-order valence-corrected chi connectivity index (χ3v) is 4.84. The van der Waals surface area contributed by atoms with E-state index in [2.05, 4.69) is 80.3 Å². The predicted molar refractivity (Wildman–Crippen MR) is 89.1 cm³/mol. The van der Waals surface area contributed by atoms with Crippen LogP contribution in [0.4, 0.5) is 0 Å². The topological polar surface area (TPSA) is 3.24 Å². The van der Waals surface area contributed by atoms with Gasteiger partial charge in [-0.3, -0.25) is 4.90 Å². The Morgan fingerprint density at radius 1 is 0.900 bits per heavy atom. The molecule has 0 aliphatic carbocycles. The Labute approximate surface area is 127 Å². The van der Waals surface area contributed by atoms with Gasteiger partial charge in [0.25, 0.3) is 0 Å². The highest BCUT2D eigenvalue weighted by Gasteiger charge is 2.18. The molecule has 0 amide bonds. The van der Waals surface area contributed by atoms with Crippen molar-refractivity contribution in [3.63, 3.8) is 0 Å². The molecule has 2 rings (SSSR count). The zero-order valence-corrected chi connectivity index (χ0v) is 13.4. The molecule has 0 saturated carbocycles. The first-order valence-electron chi connectivity index (χ1n) is 7.27. The van der Waals surface area contributed by atoms with Crippen LogP contribution in [0.3, 0.4) is 0 Å². The van der Waals surface area contributed by atoms with Crippen molar-refractivity contribution in [2.75, 3.05) is 13.1 Å². The highest BCUT2D eigenvalue weighted by molar-refractivity contribution is 7.99. The highest BCUT2D eigenvalue weighted by Crippen LogP contribution is 2.37. The number of benzene rings is 2. The van der Waals surface area contributed by atoms with E-state index in [1.807, 2.05) is 11.8 Å². The molecule has 2 aromatic rings. The van der Waals surface area contributed by atoms with E-state index in [1.165, 1.54) is 16.0 Å². The number of hydrogen-bond donors (Lipinski definition) is 0. The van der Waals surface area contributed by atoms with Crippen molar-refractivity contribution in [2.24, 2.45) is 0 Å². The molecule has 0 aliphatic heterocycles. The maximum Gasteiger partial charge on any atom is 0.0860 e. The van der Waals surface area contributed by atoms with E-state index < -0.39 is 0 Å². The summed E-state index contributed by atoms with van der Waals surface area (Å²) < 4.78 is 0. The van der Waals surface area contributed by atoms with E-state index in [0.29, 0.717) is 5.37 Å². The lowest BCUT2D eigenvalue weighted by molar-refractivity contribution is 0.287. The van der Waals surface area contributed by atoms with Crippen LogP contribution in [0.15, 0.2) is 59.5 Å². The molecule has 0 fully saturated rings. The number of thioether (sulfide) groups is 1. The molecule has 2 aromatic carbocycles. The van der Waals surface area contributed by atoms with Crippen molar-refractivity contribution in [2.45, 2.75) is 31.0 Å². The quantitative estimate of drug-likeness (QED) is 0.535. The van der Waals surface area contributed by atoms with Crippen LogP contribution in [0.2, 0.25) is 0 Å². The minimum Gasteiger partial charge on any atom is -0.288 e. The van der Waals surface area contributed by atoms with E-state index in [9.17, 15) is 0 Å². The van der Waals surface area contributed by atoms with E-state index in [4.69, 9.17) is 0 Å². The molecule has 0 heterocycles. The van der Waals surface area contributed by atoms with Crippen LogP contribution in [0, 0.1) is 6.92 Å². The third kappa shape index (κ3) is 3.87. The number of hydrogen-bond acceptors (Lipinski definition) is 2. The summed E-state index contributed by atoms with van der Waals surface area (Å²) in [7, 11) is 0. The minimum atomic E-state index is 0.383. The van der Waals surface area contributed by atoms with E-state index in [0.717, 1.165) is 13.1 Å². The van der Waals surface area contributed by atoms with Gasteiger partial charge in [-0.2, -0.15) is 0 Å². The summed E-state index contributed by atoms with van der Waals surface area (Å²) in [6, 6.07) is 19.6. The van der Waals surface area contributed by atoms with Crippen LogP contribution in [0.5, 0.6) is 0 Å². The summed E-state index contributed by atoms with van der Waals surface area (Å²) in [5.41, 5.74) is 2.69. The molecular weight excluding hydrogens is 262 g/mol. The fraction of sp³-hybridized carbons (Fsp3) is 0.333. The minimum absolute atomic E-state index is 0.383. The summed E-state index contributed by atoms with van der Waals surface area (Å²) >= 11 is 1.93. The Morgan fingerprint density at radius 2 is 1.50 bits per heavy atom. The SMILES string of the molecule is CCN(CC)C(Sc1ccc(C)cc1)c1ccccc1. The molecular formula is C18H23NS. The molecule has 2 heteroatoms. The molecule has 1 nitrogen and oxygen atoms in total. The fourth-order valence-electron chi connectivity index (χ4n) is 2.27. The zero-order valence-electron chi connectivity index (χ0n) is 12.5. The van der Waals surface area contributed by atoms with E-state index >= 15 is 0 Å². The zero-order chi connectivity index (χ0) is 14.4. The lowest BCUT2D eigenvalue weighted by atomic mass is 10.2. The van der Waals surface area contributed by atoms with Crippen molar-refractivity contribution >= 4 is 11.8 Å². The number of rotatable bonds is 6. The molecule has 0 aromatic heterocycles. The summed E-state index contributed by atoms with van der Waals surface area (Å²) in [6.45, 7) is 8.72. The van der Waals surface area contributed by atoms with Crippen LogP contribution in [0.1, 0.15) is 30.3 Å². The lowest BCUT2D eigenvalue weighted by Gasteiger charge is -2.29. The maximum absolute atomic E-state index is 2.50.